The molecule has 0 unspecified atom stereocenters. The number of rotatable bonds is 6. The predicted molar refractivity (Wildman–Crippen MR) is 75.8 cm³/mol. The zero-order chi connectivity index (χ0) is 13.5. The number of hydrogen-bond acceptors (Lipinski definition) is 3. The van der Waals surface area contributed by atoms with Gasteiger partial charge in [-0.2, -0.15) is 0 Å². The third kappa shape index (κ3) is 4.03. The Morgan fingerprint density at radius 1 is 1.44 bits per heavy atom. The molecule has 0 bridgehead atoms. The number of ether oxygens (including phenoxy) is 2. The molecular formula is C13H14BrClO3. The van der Waals surface area contributed by atoms with Crippen molar-refractivity contribution in [3.8, 4) is 11.5 Å². The first-order chi connectivity index (χ1) is 8.62. The highest BCUT2D eigenvalue weighted by Gasteiger charge is 2.12. The Kier molecular flexibility index (Phi) is 6.22. The van der Waals surface area contributed by atoms with Gasteiger partial charge in [0, 0.05) is 11.1 Å². The summed E-state index contributed by atoms with van der Waals surface area (Å²) in [5.41, 5.74) is 2.89. The molecule has 98 valence electrons. The van der Waals surface area contributed by atoms with Crippen molar-refractivity contribution in [2.24, 2.45) is 0 Å². The summed E-state index contributed by atoms with van der Waals surface area (Å²) in [4.78, 5) is 10.8. The number of carbonyl (C=O) groups is 1. The summed E-state index contributed by atoms with van der Waals surface area (Å²) in [7, 11) is 0. The quantitative estimate of drug-likeness (QED) is 0.733. The minimum atomic E-state index is 0.364. The highest BCUT2D eigenvalue weighted by Crippen LogP contribution is 2.36. The minimum Gasteiger partial charge on any atom is -0.490 e. The molecule has 18 heavy (non-hydrogen) atoms. The van der Waals surface area contributed by atoms with E-state index in [0.717, 1.165) is 11.9 Å². The maximum atomic E-state index is 10.8. The highest BCUT2D eigenvalue weighted by atomic mass is 79.9. The molecule has 0 atom stereocenters. The van der Waals surface area contributed by atoms with Gasteiger partial charge in [-0.3, -0.25) is 4.79 Å². The largest absolute Gasteiger partial charge is 0.490 e. The Balaban J connectivity index is 3.03. The predicted octanol–water partition coefficient (Wildman–Crippen LogP) is 4.18. The van der Waals surface area contributed by atoms with E-state index in [1.54, 1.807) is 12.1 Å². The van der Waals surface area contributed by atoms with Crippen LogP contribution in [0.2, 0.25) is 0 Å². The van der Waals surface area contributed by atoms with E-state index in [2.05, 4.69) is 15.9 Å². The van der Waals surface area contributed by atoms with Gasteiger partial charge < -0.3 is 9.47 Å². The van der Waals surface area contributed by atoms with Gasteiger partial charge in [0.1, 0.15) is 12.9 Å². The lowest BCUT2D eigenvalue weighted by molar-refractivity contribution is 0.112. The fraction of sp³-hybridized carbons (Fsp3) is 0.308. The average Bonchev–Trinajstić information content (AvgIpc) is 2.37. The molecule has 0 spiro atoms. The Morgan fingerprint density at radius 3 is 2.72 bits per heavy atom. The lowest BCUT2D eigenvalue weighted by atomic mass is 10.2. The lowest BCUT2D eigenvalue weighted by Gasteiger charge is -2.14. The van der Waals surface area contributed by atoms with E-state index < -0.39 is 0 Å². The number of hydrogen-bond donors (Lipinski definition) is 0. The fourth-order valence-corrected chi connectivity index (χ4v) is 1.91. The summed E-state index contributed by atoms with van der Waals surface area (Å²) >= 11 is 8.94. The van der Waals surface area contributed by atoms with Gasteiger partial charge in [-0.05, 0) is 47.5 Å². The van der Waals surface area contributed by atoms with Gasteiger partial charge in [0.25, 0.3) is 0 Å². The monoisotopic (exact) mass is 332 g/mol. The van der Waals surface area contributed by atoms with Gasteiger partial charge >= 0.3 is 0 Å². The van der Waals surface area contributed by atoms with E-state index in [0.29, 0.717) is 34.7 Å². The molecule has 0 heterocycles. The molecule has 0 amide bonds. The summed E-state index contributed by atoms with van der Waals surface area (Å²) in [5.74, 6) is 1.11. The first-order valence-electron chi connectivity index (χ1n) is 5.42. The van der Waals surface area contributed by atoms with Crippen LogP contribution in [0.25, 0.3) is 0 Å². The van der Waals surface area contributed by atoms with Crippen LogP contribution in [0, 0.1) is 0 Å². The zero-order valence-electron chi connectivity index (χ0n) is 10.2. The van der Waals surface area contributed by atoms with E-state index in [4.69, 9.17) is 21.1 Å². The maximum absolute atomic E-state index is 10.8. The van der Waals surface area contributed by atoms with Crippen LogP contribution < -0.4 is 9.47 Å². The molecule has 0 aromatic heterocycles. The zero-order valence-corrected chi connectivity index (χ0v) is 12.5. The molecule has 1 aromatic carbocycles. The molecule has 0 N–H and O–H groups in total. The molecule has 0 saturated carbocycles. The second-order valence-corrected chi connectivity index (χ2v) is 4.70. The summed E-state index contributed by atoms with van der Waals surface area (Å²) in [6.45, 7) is 4.59. The maximum Gasteiger partial charge on any atom is 0.175 e. The van der Waals surface area contributed by atoms with Crippen LogP contribution in [0.5, 0.6) is 11.5 Å². The summed E-state index contributed by atoms with van der Waals surface area (Å²) in [6, 6.07) is 3.33. The van der Waals surface area contributed by atoms with Crippen LogP contribution in [0.15, 0.2) is 27.7 Å². The Morgan fingerprint density at radius 2 is 2.17 bits per heavy atom. The normalized spacial score (nSPS) is 11.2. The first-order valence-corrected chi connectivity index (χ1v) is 6.65. The van der Waals surface area contributed by atoms with Crippen molar-refractivity contribution in [3.63, 3.8) is 0 Å². The van der Waals surface area contributed by atoms with E-state index in [9.17, 15) is 4.79 Å². The van der Waals surface area contributed by atoms with E-state index in [1.165, 1.54) is 5.54 Å². The molecule has 5 heteroatoms. The van der Waals surface area contributed by atoms with Crippen LogP contribution in [0.1, 0.15) is 24.2 Å². The number of halogens is 2. The fourth-order valence-electron chi connectivity index (χ4n) is 1.28. The Bertz CT molecular complexity index is 458. The standard InChI is InChI=1S/C13H14BrClO3/c1-3-17-12-5-10(7-16)4-11(14)13(12)18-8-9(2)6-15/h4-7H,3,8H2,1-2H3/b9-6+. The number of aldehydes is 1. The highest BCUT2D eigenvalue weighted by molar-refractivity contribution is 9.10. The molecule has 1 aromatic rings. The van der Waals surface area contributed by atoms with Crippen LogP contribution in [-0.2, 0) is 0 Å². The molecule has 0 aliphatic rings. The Hall–Kier alpha value is -1.00. The minimum absolute atomic E-state index is 0.364. The van der Waals surface area contributed by atoms with Gasteiger partial charge in [0.15, 0.2) is 11.5 Å². The van der Waals surface area contributed by atoms with Crippen molar-refractivity contribution in [3.05, 3.63) is 33.3 Å². The molecule has 1 rings (SSSR count). The van der Waals surface area contributed by atoms with Crippen molar-refractivity contribution in [1.29, 1.82) is 0 Å². The van der Waals surface area contributed by atoms with Gasteiger partial charge in [0.05, 0.1) is 11.1 Å². The average molecular weight is 334 g/mol. The third-order valence-corrected chi connectivity index (χ3v) is 3.06. The molecule has 0 aliphatic heterocycles. The number of benzene rings is 1. The summed E-state index contributed by atoms with van der Waals surface area (Å²) in [6.07, 6.45) is 0.765. The summed E-state index contributed by atoms with van der Waals surface area (Å²) in [5, 5.41) is 0. The topological polar surface area (TPSA) is 35.5 Å². The van der Waals surface area contributed by atoms with Gasteiger partial charge in [0.2, 0.25) is 0 Å². The molecular weight excluding hydrogens is 319 g/mol. The lowest BCUT2D eigenvalue weighted by Crippen LogP contribution is -2.03. The third-order valence-electron chi connectivity index (χ3n) is 2.10. The van der Waals surface area contributed by atoms with Crippen molar-refractivity contribution in [2.75, 3.05) is 13.2 Å². The van der Waals surface area contributed by atoms with E-state index in [-0.39, 0.29) is 0 Å². The van der Waals surface area contributed by atoms with Crippen molar-refractivity contribution < 1.29 is 14.3 Å². The number of carbonyl (C=O) groups excluding carboxylic acids is 1. The van der Waals surface area contributed by atoms with E-state index >= 15 is 0 Å². The molecule has 0 radical (unpaired) electrons. The second kappa shape index (κ2) is 7.44. The molecule has 0 fully saturated rings. The second-order valence-electron chi connectivity index (χ2n) is 3.62. The molecule has 3 nitrogen and oxygen atoms in total. The molecule has 0 aliphatic carbocycles. The Labute approximate surface area is 120 Å². The van der Waals surface area contributed by atoms with Gasteiger partial charge in [-0.25, -0.2) is 0 Å². The van der Waals surface area contributed by atoms with Crippen LogP contribution in [0.4, 0.5) is 0 Å². The van der Waals surface area contributed by atoms with Gasteiger partial charge in [-0.1, -0.05) is 11.6 Å². The van der Waals surface area contributed by atoms with Crippen LogP contribution in [-0.4, -0.2) is 19.5 Å². The van der Waals surface area contributed by atoms with Crippen molar-refractivity contribution in [2.45, 2.75) is 13.8 Å². The van der Waals surface area contributed by atoms with Crippen LogP contribution in [0.3, 0.4) is 0 Å². The SMILES string of the molecule is CCOc1cc(C=O)cc(Br)c1OC/C(C)=C/Cl. The van der Waals surface area contributed by atoms with Gasteiger partial charge in [-0.15, -0.1) is 0 Å². The van der Waals surface area contributed by atoms with Crippen molar-refractivity contribution in [1.82, 2.24) is 0 Å². The summed E-state index contributed by atoms with van der Waals surface area (Å²) < 4.78 is 11.8. The molecule has 0 saturated heterocycles. The van der Waals surface area contributed by atoms with Crippen LogP contribution >= 0.6 is 27.5 Å². The van der Waals surface area contributed by atoms with Crippen molar-refractivity contribution >= 4 is 33.8 Å². The first kappa shape index (κ1) is 15.1. The smallest absolute Gasteiger partial charge is 0.175 e. The van der Waals surface area contributed by atoms with E-state index in [1.807, 2.05) is 13.8 Å².